The van der Waals surface area contributed by atoms with Crippen molar-refractivity contribution in [3.63, 3.8) is 0 Å². The number of carbonyl (C=O) groups is 2. The van der Waals surface area contributed by atoms with Crippen molar-refractivity contribution in [1.29, 1.82) is 0 Å². The molecule has 0 radical (unpaired) electrons. The molecule has 0 aliphatic carbocycles. The topological polar surface area (TPSA) is 118 Å². The number of ether oxygens (including phenoxy) is 3. The van der Waals surface area contributed by atoms with E-state index in [1.807, 2.05) is 54.6 Å². The molecular formula is C39H41F2N3O6. The summed E-state index contributed by atoms with van der Waals surface area (Å²) in [7, 11) is 0. The first-order chi connectivity index (χ1) is 24.0. The van der Waals surface area contributed by atoms with Crippen LogP contribution >= 0.6 is 0 Å². The van der Waals surface area contributed by atoms with Gasteiger partial charge >= 0.3 is 5.97 Å². The molecule has 1 heterocycles. The molecule has 0 aromatic heterocycles. The highest BCUT2D eigenvalue weighted by molar-refractivity contribution is 6.01. The number of nitrogens with zero attached hydrogens (tertiary/aromatic N) is 1. The van der Waals surface area contributed by atoms with Crippen molar-refractivity contribution in [2.24, 2.45) is 4.99 Å². The molecule has 1 aliphatic heterocycles. The molecule has 0 spiro atoms. The molecule has 1 aliphatic rings. The second-order valence-corrected chi connectivity index (χ2v) is 12.9. The monoisotopic (exact) mass is 685 g/mol. The van der Waals surface area contributed by atoms with Crippen LogP contribution in [0.1, 0.15) is 62.8 Å². The highest BCUT2D eigenvalue weighted by Gasteiger charge is 2.53. The van der Waals surface area contributed by atoms with E-state index >= 15 is 0 Å². The van der Waals surface area contributed by atoms with Gasteiger partial charge in [0.25, 0.3) is 5.91 Å². The van der Waals surface area contributed by atoms with Crippen LogP contribution in [0.3, 0.4) is 0 Å². The molecule has 3 N–H and O–H groups in total. The SMILES string of the molecule is CC(C)(C)OC(=O)CC[C@]1(C(=O)NNCc2c(F)cccc2F)N=C(c2ccc(OCCCO)cc2)O[C@H]1c1ccc(-c2ccccc2)cc1. The number of aliphatic hydroxyl groups excluding tert-OH is 1. The fourth-order valence-electron chi connectivity index (χ4n) is 5.56. The van der Waals surface area contributed by atoms with E-state index in [4.69, 9.17) is 24.3 Å². The maximum absolute atomic E-state index is 14.4. The first kappa shape index (κ1) is 36.2. The number of halogens is 2. The van der Waals surface area contributed by atoms with Crippen LogP contribution in [0.15, 0.2) is 102 Å². The van der Waals surface area contributed by atoms with E-state index < -0.39 is 40.8 Å². The average molecular weight is 686 g/mol. The van der Waals surface area contributed by atoms with Crippen LogP contribution < -0.4 is 15.6 Å². The van der Waals surface area contributed by atoms with Gasteiger partial charge in [-0.3, -0.25) is 15.0 Å². The van der Waals surface area contributed by atoms with Gasteiger partial charge in [0.15, 0.2) is 11.6 Å². The van der Waals surface area contributed by atoms with Crippen molar-refractivity contribution in [3.05, 3.63) is 125 Å². The van der Waals surface area contributed by atoms with Gasteiger partial charge in [-0.1, -0.05) is 60.7 Å². The summed E-state index contributed by atoms with van der Waals surface area (Å²) in [6, 6.07) is 27.8. The lowest BCUT2D eigenvalue weighted by atomic mass is 9.83. The van der Waals surface area contributed by atoms with Crippen molar-refractivity contribution in [3.8, 4) is 16.9 Å². The van der Waals surface area contributed by atoms with Crippen LogP contribution in [0, 0.1) is 11.6 Å². The summed E-state index contributed by atoms with van der Waals surface area (Å²) < 4.78 is 46.5. The number of hydrogen-bond donors (Lipinski definition) is 3. The molecule has 5 rings (SSSR count). The number of hydrazine groups is 1. The average Bonchev–Trinajstić information content (AvgIpc) is 3.50. The first-order valence-electron chi connectivity index (χ1n) is 16.4. The van der Waals surface area contributed by atoms with Crippen LogP contribution in [0.5, 0.6) is 5.75 Å². The molecule has 0 saturated heterocycles. The Balaban J connectivity index is 1.51. The number of carbonyl (C=O) groups excluding carboxylic acids is 2. The van der Waals surface area contributed by atoms with Gasteiger partial charge in [-0.25, -0.2) is 19.2 Å². The molecule has 1 amide bonds. The number of nitrogens with one attached hydrogen (secondary N) is 2. The summed E-state index contributed by atoms with van der Waals surface area (Å²) in [5.74, 6) is -2.01. The van der Waals surface area contributed by atoms with Gasteiger partial charge in [0, 0.05) is 37.1 Å². The Hall–Kier alpha value is -5.13. The van der Waals surface area contributed by atoms with Crippen LogP contribution in [0.25, 0.3) is 11.1 Å². The summed E-state index contributed by atoms with van der Waals surface area (Å²) in [5, 5.41) is 9.08. The van der Waals surface area contributed by atoms with Gasteiger partial charge < -0.3 is 19.3 Å². The summed E-state index contributed by atoms with van der Waals surface area (Å²) in [6.45, 7) is 5.26. The van der Waals surface area contributed by atoms with E-state index in [0.717, 1.165) is 23.3 Å². The van der Waals surface area contributed by atoms with E-state index in [1.54, 1.807) is 45.0 Å². The number of hydrogen-bond acceptors (Lipinski definition) is 8. The fourth-order valence-corrected chi connectivity index (χ4v) is 5.56. The largest absolute Gasteiger partial charge is 0.494 e. The third kappa shape index (κ3) is 8.90. The van der Waals surface area contributed by atoms with E-state index in [-0.39, 0.29) is 37.5 Å². The minimum atomic E-state index is -1.71. The van der Waals surface area contributed by atoms with E-state index in [0.29, 0.717) is 29.9 Å². The second kappa shape index (κ2) is 16.1. The Kier molecular flexibility index (Phi) is 11.6. The predicted molar refractivity (Wildman–Crippen MR) is 185 cm³/mol. The van der Waals surface area contributed by atoms with E-state index in [9.17, 15) is 18.4 Å². The molecule has 4 aromatic carbocycles. The summed E-state index contributed by atoms with van der Waals surface area (Å²) in [5.41, 5.74) is 5.63. The van der Waals surface area contributed by atoms with Crippen molar-refractivity contribution < 1.29 is 37.7 Å². The molecule has 262 valence electrons. The molecule has 0 unspecified atom stereocenters. The quantitative estimate of drug-likeness (QED) is 0.0779. The number of esters is 1. The Morgan fingerprint density at radius 1 is 0.880 bits per heavy atom. The number of aliphatic imine (C=N–C) groups is 1. The highest BCUT2D eigenvalue weighted by Crippen LogP contribution is 2.44. The lowest BCUT2D eigenvalue weighted by Gasteiger charge is -2.31. The number of amides is 1. The second-order valence-electron chi connectivity index (χ2n) is 12.9. The molecule has 4 aromatic rings. The van der Waals surface area contributed by atoms with Gasteiger partial charge in [0.05, 0.1) is 6.61 Å². The predicted octanol–water partition coefficient (Wildman–Crippen LogP) is 6.59. The molecule has 0 bridgehead atoms. The van der Waals surface area contributed by atoms with E-state index in [1.165, 1.54) is 6.07 Å². The zero-order chi connectivity index (χ0) is 35.7. The highest BCUT2D eigenvalue weighted by atomic mass is 19.1. The van der Waals surface area contributed by atoms with Crippen molar-refractivity contribution in [2.75, 3.05) is 13.2 Å². The maximum Gasteiger partial charge on any atom is 0.306 e. The Bertz CT molecular complexity index is 1770. The maximum atomic E-state index is 14.4. The summed E-state index contributed by atoms with van der Waals surface area (Å²) >= 11 is 0. The fraction of sp³-hybridized carbons (Fsp3) is 0.308. The Morgan fingerprint density at radius 3 is 2.16 bits per heavy atom. The minimum absolute atomic E-state index is 0.00791. The lowest BCUT2D eigenvalue weighted by Crippen LogP contribution is -2.52. The number of rotatable bonds is 14. The molecule has 50 heavy (non-hydrogen) atoms. The molecule has 2 atom stereocenters. The number of benzene rings is 4. The minimum Gasteiger partial charge on any atom is -0.494 e. The van der Waals surface area contributed by atoms with Gasteiger partial charge in [0.2, 0.25) is 5.90 Å². The van der Waals surface area contributed by atoms with Crippen LogP contribution in [-0.4, -0.2) is 47.2 Å². The van der Waals surface area contributed by atoms with Crippen LogP contribution in [0.4, 0.5) is 8.78 Å². The molecule has 0 fully saturated rings. The van der Waals surface area contributed by atoms with Crippen molar-refractivity contribution >= 4 is 17.8 Å². The molecule has 0 saturated carbocycles. The smallest absolute Gasteiger partial charge is 0.306 e. The van der Waals surface area contributed by atoms with Gasteiger partial charge in [-0.2, -0.15) is 0 Å². The van der Waals surface area contributed by atoms with Crippen LogP contribution in [-0.2, 0) is 25.6 Å². The van der Waals surface area contributed by atoms with E-state index in [2.05, 4.69) is 10.9 Å². The third-order valence-corrected chi connectivity index (χ3v) is 8.01. The standard InChI is InChI=1S/C39H41F2N3O6/c1-38(2,3)50-34(46)21-22-39(37(47)44-42-25-31-32(40)11-7-12-33(31)41)35(28-15-13-27(14-16-28)26-9-5-4-6-10-26)49-36(43-39)29-17-19-30(20-18-29)48-24-8-23-45/h4-7,9-20,35,42,45H,8,21-25H2,1-3H3,(H,44,47)/t35-,39-/m0/s1. The number of aliphatic hydroxyl groups is 1. The lowest BCUT2D eigenvalue weighted by molar-refractivity contribution is -0.155. The zero-order valence-electron chi connectivity index (χ0n) is 28.2. The van der Waals surface area contributed by atoms with Crippen LogP contribution in [0.2, 0.25) is 0 Å². The molecular weight excluding hydrogens is 644 g/mol. The molecule has 9 nitrogen and oxygen atoms in total. The first-order valence-corrected chi connectivity index (χ1v) is 16.4. The third-order valence-electron chi connectivity index (χ3n) is 8.01. The zero-order valence-corrected chi connectivity index (χ0v) is 28.2. The van der Waals surface area contributed by atoms with Crippen molar-refractivity contribution in [1.82, 2.24) is 10.9 Å². The van der Waals surface area contributed by atoms with Gasteiger partial charge in [0.1, 0.15) is 23.0 Å². The van der Waals surface area contributed by atoms with Gasteiger partial charge in [-0.15, -0.1) is 0 Å². The Labute approximate surface area is 290 Å². The summed E-state index contributed by atoms with van der Waals surface area (Å²) in [4.78, 5) is 32.2. The van der Waals surface area contributed by atoms with Crippen molar-refractivity contribution in [2.45, 2.75) is 63.8 Å². The summed E-state index contributed by atoms with van der Waals surface area (Å²) in [6.07, 6.45) is -0.809. The Morgan fingerprint density at radius 2 is 1.52 bits per heavy atom. The van der Waals surface area contributed by atoms with Gasteiger partial charge in [-0.05, 0) is 80.3 Å². The molecule has 11 heteroatoms. The normalized spacial score (nSPS) is 17.1.